The number of hydrogen-bond donors (Lipinski definition) is 1. The van der Waals surface area contributed by atoms with Crippen molar-refractivity contribution in [3.63, 3.8) is 0 Å². The zero-order valence-electron chi connectivity index (χ0n) is 14.6. The van der Waals surface area contributed by atoms with Gasteiger partial charge in [-0.3, -0.25) is 4.79 Å². The maximum Gasteiger partial charge on any atom is 0.260 e. The second kappa shape index (κ2) is 7.13. The lowest BCUT2D eigenvalue weighted by atomic mass is 10.1. The number of H-pyrrole nitrogens is 1. The summed E-state index contributed by atoms with van der Waals surface area (Å²) < 4.78 is 11.0. The van der Waals surface area contributed by atoms with Gasteiger partial charge in [0.15, 0.2) is 12.4 Å². The van der Waals surface area contributed by atoms with E-state index in [-0.39, 0.29) is 12.5 Å². The van der Waals surface area contributed by atoms with Crippen LogP contribution < -0.4 is 4.74 Å². The van der Waals surface area contributed by atoms with Crippen LogP contribution in [0.1, 0.15) is 5.56 Å². The van der Waals surface area contributed by atoms with E-state index < -0.39 is 0 Å². The summed E-state index contributed by atoms with van der Waals surface area (Å²) in [5, 5.41) is 1.05. The number of nitrogens with zero attached hydrogens (tertiary/aromatic N) is 3. The summed E-state index contributed by atoms with van der Waals surface area (Å²) >= 11 is 0. The fourth-order valence-electron chi connectivity index (χ4n) is 3.05. The SMILES string of the molecule is Cc1cc(-c2ncc[nH]2)nc2cc(OCC(=O)N3CCOCC3)ccc12. The van der Waals surface area contributed by atoms with Crippen LogP contribution in [0.5, 0.6) is 5.75 Å². The summed E-state index contributed by atoms with van der Waals surface area (Å²) in [6, 6.07) is 7.71. The van der Waals surface area contributed by atoms with Crippen molar-refractivity contribution >= 4 is 16.8 Å². The van der Waals surface area contributed by atoms with E-state index >= 15 is 0 Å². The molecule has 7 nitrogen and oxygen atoms in total. The van der Waals surface area contributed by atoms with E-state index in [1.807, 2.05) is 31.2 Å². The Labute approximate surface area is 151 Å². The van der Waals surface area contributed by atoms with Crippen molar-refractivity contribution in [3.05, 3.63) is 42.2 Å². The van der Waals surface area contributed by atoms with Gasteiger partial charge in [-0.15, -0.1) is 0 Å². The van der Waals surface area contributed by atoms with Crippen LogP contribution in [0.4, 0.5) is 0 Å². The van der Waals surface area contributed by atoms with E-state index in [1.54, 1.807) is 17.3 Å². The van der Waals surface area contributed by atoms with Crippen molar-refractivity contribution in [2.24, 2.45) is 0 Å². The molecule has 4 rings (SSSR count). The van der Waals surface area contributed by atoms with Gasteiger partial charge in [-0.2, -0.15) is 0 Å². The lowest BCUT2D eigenvalue weighted by molar-refractivity contribution is -0.137. The first-order valence-electron chi connectivity index (χ1n) is 8.60. The van der Waals surface area contributed by atoms with Crippen LogP contribution in [0.2, 0.25) is 0 Å². The Balaban J connectivity index is 1.53. The van der Waals surface area contributed by atoms with Crippen LogP contribution in [-0.2, 0) is 9.53 Å². The molecule has 2 aromatic heterocycles. The number of nitrogens with one attached hydrogen (secondary N) is 1. The number of pyridine rings is 1. The maximum atomic E-state index is 12.2. The van der Waals surface area contributed by atoms with Crippen molar-refractivity contribution in [1.82, 2.24) is 19.9 Å². The second-order valence-corrected chi connectivity index (χ2v) is 6.22. The van der Waals surface area contributed by atoms with Crippen molar-refractivity contribution < 1.29 is 14.3 Å². The molecule has 3 heterocycles. The molecule has 0 bridgehead atoms. The van der Waals surface area contributed by atoms with Gasteiger partial charge in [-0.25, -0.2) is 9.97 Å². The summed E-state index contributed by atoms with van der Waals surface area (Å²) in [7, 11) is 0. The van der Waals surface area contributed by atoms with E-state index in [0.29, 0.717) is 32.1 Å². The van der Waals surface area contributed by atoms with Gasteiger partial charge < -0.3 is 19.4 Å². The predicted octanol–water partition coefficient (Wildman–Crippen LogP) is 2.17. The number of aryl methyl sites for hydroxylation is 1. The molecule has 1 N–H and O–H groups in total. The van der Waals surface area contributed by atoms with Gasteiger partial charge in [-0.1, -0.05) is 0 Å². The number of benzene rings is 1. The molecular formula is C19H20N4O3. The van der Waals surface area contributed by atoms with E-state index in [2.05, 4.69) is 15.0 Å². The molecule has 0 atom stereocenters. The third-order valence-corrected chi connectivity index (χ3v) is 4.46. The van der Waals surface area contributed by atoms with Gasteiger partial charge in [0.1, 0.15) is 11.4 Å². The summed E-state index contributed by atoms with van der Waals surface area (Å²) in [6.45, 7) is 4.46. The number of ether oxygens (including phenoxy) is 2. The average molecular weight is 352 g/mol. The van der Waals surface area contributed by atoms with Gasteiger partial charge in [-0.05, 0) is 30.7 Å². The number of aromatic amines is 1. The number of fused-ring (bicyclic) bond motifs is 1. The van der Waals surface area contributed by atoms with Crippen LogP contribution in [0.3, 0.4) is 0 Å². The first-order valence-corrected chi connectivity index (χ1v) is 8.60. The Hall–Kier alpha value is -2.93. The number of carbonyl (C=O) groups excluding carboxylic acids is 1. The van der Waals surface area contributed by atoms with Gasteiger partial charge in [0.2, 0.25) is 0 Å². The molecule has 0 saturated carbocycles. The largest absolute Gasteiger partial charge is 0.484 e. The Kier molecular flexibility index (Phi) is 4.53. The highest BCUT2D eigenvalue weighted by Crippen LogP contribution is 2.25. The molecule has 0 aliphatic carbocycles. The molecule has 7 heteroatoms. The van der Waals surface area contributed by atoms with Crippen molar-refractivity contribution in [1.29, 1.82) is 0 Å². The highest BCUT2D eigenvalue weighted by molar-refractivity contribution is 5.85. The Morgan fingerprint density at radius 3 is 2.92 bits per heavy atom. The zero-order valence-corrected chi connectivity index (χ0v) is 14.6. The third kappa shape index (κ3) is 3.39. The van der Waals surface area contributed by atoms with Gasteiger partial charge in [0, 0.05) is 36.9 Å². The van der Waals surface area contributed by atoms with E-state index in [4.69, 9.17) is 9.47 Å². The minimum atomic E-state index is -0.0260. The highest BCUT2D eigenvalue weighted by atomic mass is 16.5. The average Bonchev–Trinajstić information content (AvgIpc) is 3.21. The minimum Gasteiger partial charge on any atom is -0.484 e. The molecule has 3 aromatic rings. The molecule has 1 fully saturated rings. The zero-order chi connectivity index (χ0) is 17.9. The number of aromatic nitrogens is 3. The molecule has 0 unspecified atom stereocenters. The molecule has 0 spiro atoms. The molecule has 1 aliphatic rings. The molecular weight excluding hydrogens is 332 g/mol. The minimum absolute atomic E-state index is 0.0162. The summed E-state index contributed by atoms with van der Waals surface area (Å²) in [4.78, 5) is 26.0. The molecule has 1 saturated heterocycles. The second-order valence-electron chi connectivity index (χ2n) is 6.22. The first-order chi connectivity index (χ1) is 12.7. The van der Waals surface area contributed by atoms with Crippen LogP contribution in [0.25, 0.3) is 22.4 Å². The predicted molar refractivity (Wildman–Crippen MR) is 97.0 cm³/mol. The van der Waals surface area contributed by atoms with Crippen LogP contribution in [0.15, 0.2) is 36.7 Å². The molecule has 0 radical (unpaired) electrons. The number of amides is 1. The fourth-order valence-corrected chi connectivity index (χ4v) is 3.05. The number of imidazole rings is 1. The van der Waals surface area contributed by atoms with Crippen molar-refractivity contribution in [2.75, 3.05) is 32.9 Å². The van der Waals surface area contributed by atoms with Crippen LogP contribution in [0, 0.1) is 6.92 Å². The quantitative estimate of drug-likeness (QED) is 0.778. The van der Waals surface area contributed by atoms with E-state index in [1.165, 1.54) is 0 Å². The smallest absolute Gasteiger partial charge is 0.260 e. The molecule has 134 valence electrons. The normalized spacial score (nSPS) is 14.6. The number of rotatable bonds is 4. The Morgan fingerprint density at radius 1 is 1.31 bits per heavy atom. The summed E-state index contributed by atoms with van der Waals surface area (Å²) in [5.41, 5.74) is 2.70. The number of hydrogen-bond acceptors (Lipinski definition) is 5. The summed E-state index contributed by atoms with van der Waals surface area (Å²) in [6.07, 6.45) is 3.47. The van der Waals surface area contributed by atoms with Crippen molar-refractivity contribution in [3.8, 4) is 17.3 Å². The third-order valence-electron chi connectivity index (χ3n) is 4.46. The van der Waals surface area contributed by atoms with Crippen LogP contribution >= 0.6 is 0 Å². The first kappa shape index (κ1) is 16.5. The Bertz CT molecular complexity index is 918. The highest BCUT2D eigenvalue weighted by Gasteiger charge is 2.17. The van der Waals surface area contributed by atoms with Gasteiger partial charge in [0.25, 0.3) is 5.91 Å². The lowest BCUT2D eigenvalue weighted by Gasteiger charge is -2.26. The van der Waals surface area contributed by atoms with Crippen molar-refractivity contribution in [2.45, 2.75) is 6.92 Å². The van der Waals surface area contributed by atoms with Gasteiger partial charge in [0.05, 0.1) is 18.7 Å². The Morgan fingerprint density at radius 2 is 2.15 bits per heavy atom. The standard InChI is InChI=1S/C19H20N4O3/c1-13-10-17(19-20-4-5-21-19)22-16-11-14(2-3-15(13)16)26-12-18(24)23-6-8-25-9-7-23/h2-5,10-11H,6-9,12H2,1H3,(H,20,21). The summed E-state index contributed by atoms with van der Waals surface area (Å²) in [5.74, 6) is 1.33. The molecule has 26 heavy (non-hydrogen) atoms. The van der Waals surface area contributed by atoms with Crippen LogP contribution in [-0.4, -0.2) is 58.7 Å². The monoisotopic (exact) mass is 352 g/mol. The van der Waals surface area contributed by atoms with Gasteiger partial charge >= 0.3 is 0 Å². The molecule has 1 aromatic carbocycles. The van der Waals surface area contributed by atoms with E-state index in [9.17, 15) is 4.79 Å². The number of carbonyl (C=O) groups is 1. The fraction of sp³-hybridized carbons (Fsp3) is 0.316. The molecule has 1 aliphatic heterocycles. The molecule has 1 amide bonds. The lowest BCUT2D eigenvalue weighted by Crippen LogP contribution is -2.42. The maximum absolute atomic E-state index is 12.2. The topological polar surface area (TPSA) is 80.3 Å². The van der Waals surface area contributed by atoms with E-state index in [0.717, 1.165) is 28.0 Å². The number of morpholine rings is 1.